The van der Waals surface area contributed by atoms with E-state index >= 15 is 0 Å². The van der Waals surface area contributed by atoms with Crippen LogP contribution in [0.15, 0.2) is 42.6 Å². The maximum Gasteiger partial charge on any atom is 0.115 e. The third-order valence-corrected chi connectivity index (χ3v) is 6.38. The lowest BCUT2D eigenvalue weighted by Crippen LogP contribution is -2.43. The quantitative estimate of drug-likeness (QED) is 0.451. The first-order valence-electron chi connectivity index (χ1n) is 9.65. The Kier molecular flexibility index (Phi) is 5.57. The lowest BCUT2D eigenvalue weighted by atomic mass is 9.71. The Morgan fingerprint density at radius 2 is 2.04 bits per heavy atom. The Bertz CT molecular complexity index is 988. The molecule has 1 aromatic heterocycles. The highest BCUT2D eigenvalue weighted by Gasteiger charge is 2.40. The molecule has 0 amide bonds. The third-order valence-electron chi connectivity index (χ3n) is 5.87. The summed E-state index contributed by atoms with van der Waals surface area (Å²) >= 11 is 12.5. The van der Waals surface area contributed by atoms with Crippen LogP contribution < -0.4 is 5.32 Å². The number of rotatable bonds is 5. The molecule has 4 N–H and O–H groups in total. The van der Waals surface area contributed by atoms with Gasteiger partial charge >= 0.3 is 0 Å². The largest absolute Gasteiger partial charge is 0.508 e. The molecule has 2 atom stereocenters. The number of halogens is 2. The van der Waals surface area contributed by atoms with Crippen molar-refractivity contribution in [3.8, 4) is 5.75 Å². The van der Waals surface area contributed by atoms with E-state index in [4.69, 9.17) is 23.2 Å². The number of aromatic nitrogens is 1. The molecule has 1 saturated carbocycles. The van der Waals surface area contributed by atoms with Crippen molar-refractivity contribution in [2.75, 3.05) is 6.54 Å². The molecule has 4 nitrogen and oxygen atoms in total. The van der Waals surface area contributed by atoms with Crippen LogP contribution in [0.25, 0.3) is 10.9 Å². The van der Waals surface area contributed by atoms with Crippen LogP contribution >= 0.6 is 23.2 Å². The van der Waals surface area contributed by atoms with E-state index in [0.29, 0.717) is 29.6 Å². The summed E-state index contributed by atoms with van der Waals surface area (Å²) in [5.74, 6) is 0.272. The maximum atomic E-state index is 11.4. The summed E-state index contributed by atoms with van der Waals surface area (Å²) in [6, 6.07) is 10.6. The highest BCUT2D eigenvalue weighted by molar-refractivity contribution is 6.38. The third kappa shape index (κ3) is 3.74. The number of aromatic hydroxyl groups is 1. The monoisotopic (exact) mass is 418 g/mol. The fraction of sp³-hybridized carbons (Fsp3) is 0.364. The molecule has 0 spiro atoms. The number of H-pyrrole nitrogens is 1. The van der Waals surface area contributed by atoms with E-state index in [1.54, 1.807) is 24.3 Å². The van der Waals surface area contributed by atoms with Gasteiger partial charge in [-0.1, -0.05) is 48.2 Å². The molecule has 148 valence electrons. The second-order valence-corrected chi connectivity index (χ2v) is 8.52. The average Bonchev–Trinajstić information content (AvgIpc) is 3.06. The number of hydrogen-bond acceptors (Lipinski definition) is 3. The fourth-order valence-corrected chi connectivity index (χ4v) is 5.04. The van der Waals surface area contributed by atoms with Gasteiger partial charge < -0.3 is 20.5 Å². The van der Waals surface area contributed by atoms with Crippen LogP contribution in [0.2, 0.25) is 10.0 Å². The van der Waals surface area contributed by atoms with Crippen LogP contribution in [0.3, 0.4) is 0 Å². The van der Waals surface area contributed by atoms with E-state index in [1.165, 1.54) is 0 Å². The van der Waals surface area contributed by atoms with Crippen molar-refractivity contribution in [2.24, 2.45) is 5.92 Å². The molecule has 28 heavy (non-hydrogen) atoms. The molecule has 1 heterocycles. The number of benzene rings is 2. The van der Waals surface area contributed by atoms with Crippen molar-refractivity contribution in [2.45, 2.75) is 37.8 Å². The smallest absolute Gasteiger partial charge is 0.115 e. The summed E-state index contributed by atoms with van der Waals surface area (Å²) < 4.78 is 0. The molecule has 1 aliphatic carbocycles. The molecule has 0 saturated heterocycles. The predicted molar refractivity (Wildman–Crippen MR) is 114 cm³/mol. The van der Waals surface area contributed by atoms with E-state index in [9.17, 15) is 10.2 Å². The molecule has 0 bridgehead atoms. The van der Waals surface area contributed by atoms with E-state index in [1.807, 2.05) is 18.3 Å². The first kappa shape index (κ1) is 19.6. The number of aromatic amines is 1. The topological polar surface area (TPSA) is 68.3 Å². The Morgan fingerprint density at radius 1 is 1.18 bits per heavy atom. The van der Waals surface area contributed by atoms with Crippen LogP contribution in [0.1, 0.15) is 36.8 Å². The van der Waals surface area contributed by atoms with Crippen LogP contribution in [0.4, 0.5) is 0 Å². The van der Waals surface area contributed by atoms with Crippen molar-refractivity contribution < 1.29 is 10.2 Å². The molecule has 4 rings (SSSR count). The van der Waals surface area contributed by atoms with E-state index < -0.39 is 5.60 Å². The molecular formula is C22H24Cl2N2O2. The number of hydrogen-bond donors (Lipinski definition) is 4. The van der Waals surface area contributed by atoms with Gasteiger partial charge in [0.25, 0.3) is 0 Å². The number of phenols is 1. The molecule has 2 unspecified atom stereocenters. The zero-order valence-corrected chi connectivity index (χ0v) is 17.0. The molecular weight excluding hydrogens is 395 g/mol. The van der Waals surface area contributed by atoms with Gasteiger partial charge in [0.1, 0.15) is 5.75 Å². The van der Waals surface area contributed by atoms with Gasteiger partial charge in [0.2, 0.25) is 0 Å². The zero-order valence-electron chi connectivity index (χ0n) is 15.5. The summed E-state index contributed by atoms with van der Waals surface area (Å²) in [6.07, 6.45) is 5.69. The highest BCUT2D eigenvalue weighted by atomic mass is 35.5. The minimum absolute atomic E-state index is 0.0816. The normalized spacial score (nSPS) is 22.6. The Hall–Kier alpha value is -1.72. The molecule has 0 radical (unpaired) electrons. The number of fused-ring (bicyclic) bond motifs is 1. The number of phenolic OH excluding ortho intramolecular Hbond substituents is 1. The van der Waals surface area contributed by atoms with Gasteiger partial charge in [0.15, 0.2) is 0 Å². The minimum atomic E-state index is -0.921. The first-order chi connectivity index (χ1) is 13.5. The summed E-state index contributed by atoms with van der Waals surface area (Å²) in [4.78, 5) is 3.22. The summed E-state index contributed by atoms with van der Waals surface area (Å²) in [7, 11) is 0. The second kappa shape index (κ2) is 7.96. The lowest BCUT2D eigenvalue weighted by Gasteiger charge is -2.40. The van der Waals surface area contributed by atoms with Crippen LogP contribution in [-0.2, 0) is 12.1 Å². The van der Waals surface area contributed by atoms with Gasteiger partial charge in [-0.05, 0) is 48.2 Å². The molecule has 6 heteroatoms. The Balaban J connectivity index is 1.49. The molecule has 2 aromatic carbocycles. The second-order valence-electron chi connectivity index (χ2n) is 7.67. The lowest BCUT2D eigenvalue weighted by molar-refractivity contribution is -0.0538. The van der Waals surface area contributed by atoms with E-state index in [0.717, 1.165) is 41.3 Å². The van der Waals surface area contributed by atoms with Crippen molar-refractivity contribution in [3.05, 3.63) is 63.8 Å². The van der Waals surface area contributed by atoms with Crippen molar-refractivity contribution in [1.29, 1.82) is 0 Å². The zero-order chi connectivity index (χ0) is 19.7. The van der Waals surface area contributed by atoms with Crippen LogP contribution in [0, 0.1) is 5.92 Å². The SMILES string of the molecule is Oc1cccc(C2(O)CCCCC2CNCc2c[nH]c3cc(Cl)cc(Cl)c23)c1. The number of nitrogens with one attached hydrogen (secondary N) is 2. The Morgan fingerprint density at radius 3 is 2.86 bits per heavy atom. The van der Waals surface area contributed by atoms with Gasteiger partial charge in [-0.2, -0.15) is 0 Å². The minimum Gasteiger partial charge on any atom is -0.508 e. The van der Waals surface area contributed by atoms with Gasteiger partial charge in [0.05, 0.1) is 10.6 Å². The highest BCUT2D eigenvalue weighted by Crippen LogP contribution is 2.42. The van der Waals surface area contributed by atoms with E-state index in [2.05, 4.69) is 10.3 Å². The molecule has 0 aliphatic heterocycles. The van der Waals surface area contributed by atoms with Gasteiger partial charge in [-0.15, -0.1) is 0 Å². The van der Waals surface area contributed by atoms with Crippen LogP contribution in [-0.4, -0.2) is 21.7 Å². The molecule has 1 fully saturated rings. The number of aliphatic hydroxyl groups is 1. The summed E-state index contributed by atoms with van der Waals surface area (Å²) in [5, 5.41) is 27.0. The van der Waals surface area contributed by atoms with Crippen molar-refractivity contribution in [3.63, 3.8) is 0 Å². The van der Waals surface area contributed by atoms with Gasteiger partial charge in [-0.25, -0.2) is 0 Å². The fourth-order valence-electron chi connectivity index (χ4n) is 4.43. The van der Waals surface area contributed by atoms with Crippen LogP contribution in [0.5, 0.6) is 5.75 Å². The maximum absolute atomic E-state index is 11.4. The molecule has 3 aromatic rings. The molecule has 1 aliphatic rings. The first-order valence-corrected chi connectivity index (χ1v) is 10.4. The summed E-state index contributed by atoms with van der Waals surface area (Å²) in [5.41, 5.74) is 1.87. The van der Waals surface area contributed by atoms with Crippen molar-refractivity contribution >= 4 is 34.1 Å². The van der Waals surface area contributed by atoms with Gasteiger partial charge in [0, 0.05) is 41.1 Å². The Labute approximate surface area is 174 Å². The average molecular weight is 419 g/mol. The summed E-state index contributed by atoms with van der Waals surface area (Å²) in [6.45, 7) is 1.33. The predicted octanol–water partition coefficient (Wildman–Crippen LogP) is 5.35. The van der Waals surface area contributed by atoms with E-state index in [-0.39, 0.29) is 11.7 Å². The van der Waals surface area contributed by atoms with Crippen molar-refractivity contribution in [1.82, 2.24) is 10.3 Å². The standard InChI is InChI=1S/C22H24Cl2N2O2/c23-17-9-19(24)21-14(12-26-20(21)10-17)11-25-13-16-4-1-2-7-22(16,28)15-5-3-6-18(27)8-15/h3,5-6,8-10,12,16,25-28H,1-2,4,7,11,13H2. The van der Waals surface area contributed by atoms with Gasteiger partial charge in [-0.3, -0.25) is 0 Å².